The monoisotopic (exact) mass is 370 g/mol. The SMILES string of the molecule is CC[C@@](C)(CNC(=O)OC(C)(C)C)C(=O)N[C@H](C)c1ccc(F)c(F)c1. The fourth-order valence-corrected chi connectivity index (χ4v) is 2.18. The van der Waals surface area contributed by atoms with Gasteiger partial charge in [-0.3, -0.25) is 4.79 Å². The molecule has 0 aromatic heterocycles. The summed E-state index contributed by atoms with van der Waals surface area (Å²) in [5, 5.41) is 5.40. The van der Waals surface area contributed by atoms with Gasteiger partial charge in [0, 0.05) is 6.54 Å². The molecule has 7 heteroatoms. The predicted octanol–water partition coefficient (Wildman–Crippen LogP) is 4.08. The largest absolute Gasteiger partial charge is 0.444 e. The van der Waals surface area contributed by atoms with Crippen LogP contribution < -0.4 is 10.6 Å². The fraction of sp³-hybridized carbons (Fsp3) is 0.579. The molecule has 1 aromatic rings. The van der Waals surface area contributed by atoms with E-state index in [4.69, 9.17) is 4.74 Å². The highest BCUT2D eigenvalue weighted by atomic mass is 19.2. The summed E-state index contributed by atoms with van der Waals surface area (Å²) in [6.45, 7) is 10.6. The number of alkyl carbamates (subject to hydrolysis) is 1. The zero-order chi connectivity index (χ0) is 20.1. The molecule has 1 rings (SSSR count). The molecular formula is C19H28F2N2O3. The van der Waals surface area contributed by atoms with Gasteiger partial charge in [-0.2, -0.15) is 0 Å². The molecule has 1 aromatic carbocycles. The molecular weight excluding hydrogens is 342 g/mol. The van der Waals surface area contributed by atoms with Crippen LogP contribution in [0.4, 0.5) is 13.6 Å². The van der Waals surface area contributed by atoms with Gasteiger partial charge in [0.15, 0.2) is 11.6 Å². The van der Waals surface area contributed by atoms with Crippen LogP contribution >= 0.6 is 0 Å². The van der Waals surface area contributed by atoms with Gasteiger partial charge in [-0.05, 0) is 58.7 Å². The van der Waals surface area contributed by atoms with Crippen LogP contribution in [0.5, 0.6) is 0 Å². The normalized spacial score (nSPS) is 14.9. The molecule has 2 amide bonds. The van der Waals surface area contributed by atoms with Gasteiger partial charge < -0.3 is 15.4 Å². The molecule has 0 aliphatic rings. The minimum atomic E-state index is -0.964. The number of halogens is 2. The number of carbonyl (C=O) groups excluding carboxylic acids is 2. The van der Waals surface area contributed by atoms with E-state index in [0.29, 0.717) is 12.0 Å². The molecule has 0 aliphatic heterocycles. The van der Waals surface area contributed by atoms with Gasteiger partial charge in [0.25, 0.3) is 0 Å². The second-order valence-corrected chi connectivity index (χ2v) is 7.64. The van der Waals surface area contributed by atoms with E-state index < -0.39 is 34.8 Å². The quantitative estimate of drug-likeness (QED) is 0.793. The maximum absolute atomic E-state index is 13.4. The summed E-state index contributed by atoms with van der Waals surface area (Å²) >= 11 is 0. The Balaban J connectivity index is 2.74. The highest BCUT2D eigenvalue weighted by Crippen LogP contribution is 2.23. The standard InChI is InChI=1S/C19H28F2N2O3/c1-7-19(6,11-22-17(25)26-18(3,4)5)16(24)23-12(2)13-8-9-14(20)15(21)10-13/h8-10,12H,7,11H2,1-6H3,(H,22,25)(H,23,24)/t12-,19+/m1/s1. The molecule has 0 bridgehead atoms. The number of hydrogen-bond donors (Lipinski definition) is 2. The lowest BCUT2D eigenvalue weighted by Crippen LogP contribution is -2.47. The maximum Gasteiger partial charge on any atom is 0.407 e. The number of hydrogen-bond acceptors (Lipinski definition) is 3. The van der Waals surface area contributed by atoms with Crippen molar-refractivity contribution in [3.63, 3.8) is 0 Å². The third kappa shape index (κ3) is 6.28. The van der Waals surface area contributed by atoms with Gasteiger partial charge in [0.05, 0.1) is 11.5 Å². The van der Waals surface area contributed by atoms with Gasteiger partial charge >= 0.3 is 6.09 Å². The van der Waals surface area contributed by atoms with Crippen LogP contribution in [0.3, 0.4) is 0 Å². The Morgan fingerprint density at radius 1 is 1.15 bits per heavy atom. The van der Waals surface area contributed by atoms with Crippen LogP contribution in [0.1, 0.15) is 59.6 Å². The fourth-order valence-electron chi connectivity index (χ4n) is 2.18. The molecule has 0 radical (unpaired) electrons. The molecule has 0 aliphatic carbocycles. The summed E-state index contributed by atoms with van der Waals surface area (Å²) in [5.41, 5.74) is -1.05. The van der Waals surface area contributed by atoms with Crippen molar-refractivity contribution in [2.24, 2.45) is 5.41 Å². The van der Waals surface area contributed by atoms with Gasteiger partial charge in [0.2, 0.25) is 5.91 Å². The van der Waals surface area contributed by atoms with Crippen molar-refractivity contribution < 1.29 is 23.1 Å². The summed E-state index contributed by atoms with van der Waals surface area (Å²) in [6, 6.07) is 3.00. The maximum atomic E-state index is 13.4. The molecule has 0 unspecified atom stereocenters. The van der Waals surface area contributed by atoms with Gasteiger partial charge in [-0.15, -0.1) is 0 Å². The lowest BCUT2D eigenvalue weighted by molar-refractivity contribution is -0.130. The van der Waals surface area contributed by atoms with E-state index in [2.05, 4.69) is 10.6 Å². The minimum Gasteiger partial charge on any atom is -0.444 e. The highest BCUT2D eigenvalue weighted by Gasteiger charge is 2.33. The number of ether oxygens (including phenoxy) is 1. The van der Waals surface area contributed by atoms with Crippen molar-refractivity contribution in [3.8, 4) is 0 Å². The van der Waals surface area contributed by atoms with Crippen LogP contribution in [0.2, 0.25) is 0 Å². The molecule has 0 heterocycles. The van der Waals surface area contributed by atoms with Crippen LogP contribution in [-0.4, -0.2) is 24.1 Å². The summed E-state index contributed by atoms with van der Waals surface area (Å²) < 4.78 is 31.6. The smallest absolute Gasteiger partial charge is 0.407 e. The van der Waals surface area contributed by atoms with Crippen molar-refractivity contribution >= 4 is 12.0 Å². The molecule has 2 atom stereocenters. The lowest BCUT2D eigenvalue weighted by Gasteiger charge is -2.30. The van der Waals surface area contributed by atoms with E-state index >= 15 is 0 Å². The molecule has 5 nitrogen and oxygen atoms in total. The molecule has 0 fully saturated rings. The van der Waals surface area contributed by atoms with Crippen molar-refractivity contribution in [2.75, 3.05) is 6.54 Å². The second kappa shape index (κ2) is 8.47. The summed E-state index contributed by atoms with van der Waals surface area (Å²) in [5.74, 6) is -2.20. The third-order valence-corrected chi connectivity index (χ3v) is 4.14. The molecule has 26 heavy (non-hydrogen) atoms. The van der Waals surface area contributed by atoms with E-state index in [1.807, 2.05) is 6.92 Å². The first-order chi connectivity index (χ1) is 11.9. The predicted molar refractivity (Wildman–Crippen MR) is 95.6 cm³/mol. The third-order valence-electron chi connectivity index (χ3n) is 4.14. The minimum absolute atomic E-state index is 0.0920. The van der Waals surface area contributed by atoms with Crippen LogP contribution in [0.15, 0.2) is 18.2 Å². The molecule has 146 valence electrons. The van der Waals surface area contributed by atoms with Crippen LogP contribution in [-0.2, 0) is 9.53 Å². The number of benzene rings is 1. The molecule has 0 saturated carbocycles. The number of amides is 2. The van der Waals surface area contributed by atoms with Crippen molar-refractivity contribution in [1.82, 2.24) is 10.6 Å². The van der Waals surface area contributed by atoms with Crippen LogP contribution in [0, 0.1) is 17.0 Å². The van der Waals surface area contributed by atoms with Crippen molar-refractivity contribution in [2.45, 2.75) is 59.6 Å². The van der Waals surface area contributed by atoms with Gasteiger partial charge in [0.1, 0.15) is 5.60 Å². The highest BCUT2D eigenvalue weighted by molar-refractivity contribution is 5.83. The lowest BCUT2D eigenvalue weighted by atomic mass is 9.86. The average molecular weight is 370 g/mol. The Morgan fingerprint density at radius 3 is 2.27 bits per heavy atom. The Kier molecular flexibility index (Phi) is 7.12. The van der Waals surface area contributed by atoms with Crippen LogP contribution in [0.25, 0.3) is 0 Å². The van der Waals surface area contributed by atoms with Gasteiger partial charge in [-0.25, -0.2) is 13.6 Å². The van der Waals surface area contributed by atoms with Gasteiger partial charge in [-0.1, -0.05) is 13.0 Å². The molecule has 0 saturated heterocycles. The second-order valence-electron chi connectivity index (χ2n) is 7.64. The first-order valence-corrected chi connectivity index (χ1v) is 8.60. The Hall–Kier alpha value is -2.18. The first kappa shape index (κ1) is 21.9. The topological polar surface area (TPSA) is 67.4 Å². The van der Waals surface area contributed by atoms with Crippen molar-refractivity contribution in [3.05, 3.63) is 35.4 Å². The van der Waals surface area contributed by atoms with E-state index in [-0.39, 0.29) is 12.5 Å². The van der Waals surface area contributed by atoms with E-state index in [1.165, 1.54) is 6.07 Å². The zero-order valence-corrected chi connectivity index (χ0v) is 16.2. The summed E-state index contributed by atoms with van der Waals surface area (Å²) in [6.07, 6.45) is -0.127. The Bertz CT molecular complexity index is 659. The number of nitrogens with one attached hydrogen (secondary N) is 2. The number of carbonyl (C=O) groups is 2. The van der Waals surface area contributed by atoms with E-state index in [0.717, 1.165) is 12.1 Å². The number of rotatable bonds is 6. The average Bonchev–Trinajstić information content (AvgIpc) is 2.53. The van der Waals surface area contributed by atoms with E-state index in [9.17, 15) is 18.4 Å². The molecule has 2 N–H and O–H groups in total. The summed E-state index contributed by atoms with van der Waals surface area (Å²) in [7, 11) is 0. The first-order valence-electron chi connectivity index (χ1n) is 8.60. The summed E-state index contributed by atoms with van der Waals surface area (Å²) in [4.78, 5) is 24.5. The van der Waals surface area contributed by atoms with Crippen molar-refractivity contribution in [1.29, 1.82) is 0 Å². The Morgan fingerprint density at radius 2 is 1.77 bits per heavy atom. The Labute approximate surface area is 153 Å². The van der Waals surface area contributed by atoms with E-state index in [1.54, 1.807) is 34.6 Å². The zero-order valence-electron chi connectivity index (χ0n) is 16.2. The molecule has 0 spiro atoms.